The zero-order chi connectivity index (χ0) is 13.8. The van der Waals surface area contributed by atoms with Gasteiger partial charge in [-0.15, -0.1) is 0 Å². The first-order chi connectivity index (χ1) is 9.17. The van der Waals surface area contributed by atoms with Crippen molar-refractivity contribution in [3.05, 3.63) is 40.6 Å². The van der Waals surface area contributed by atoms with Crippen molar-refractivity contribution in [3.63, 3.8) is 0 Å². The monoisotopic (exact) mass is 261 g/mol. The van der Waals surface area contributed by atoms with Gasteiger partial charge in [-0.2, -0.15) is 0 Å². The lowest BCUT2D eigenvalue weighted by molar-refractivity contribution is -0.382. The zero-order valence-electron chi connectivity index (χ0n) is 10.5. The number of pyridine rings is 1. The Morgan fingerprint density at radius 2 is 2.26 bits per heavy atom. The lowest BCUT2D eigenvalue weighted by Crippen LogP contribution is -2.23. The van der Waals surface area contributed by atoms with Gasteiger partial charge in [0.05, 0.1) is 22.4 Å². The number of aliphatic hydroxyl groups is 1. The molecule has 0 aliphatic carbocycles. The van der Waals surface area contributed by atoms with Crippen molar-refractivity contribution in [3.8, 4) is 0 Å². The van der Waals surface area contributed by atoms with Crippen molar-refractivity contribution in [1.82, 2.24) is 4.98 Å². The maximum Gasteiger partial charge on any atom is 0.301 e. The van der Waals surface area contributed by atoms with Crippen molar-refractivity contribution < 1.29 is 10.0 Å². The van der Waals surface area contributed by atoms with Gasteiger partial charge in [-0.05, 0) is 30.7 Å². The molecule has 0 saturated carbocycles. The summed E-state index contributed by atoms with van der Waals surface area (Å²) in [5.74, 6) is 0. The van der Waals surface area contributed by atoms with Crippen LogP contribution in [-0.4, -0.2) is 27.7 Å². The van der Waals surface area contributed by atoms with E-state index < -0.39 is 4.92 Å². The van der Waals surface area contributed by atoms with E-state index in [2.05, 4.69) is 10.3 Å². The van der Waals surface area contributed by atoms with Gasteiger partial charge < -0.3 is 10.4 Å². The lowest BCUT2D eigenvalue weighted by atomic mass is 10.1. The highest BCUT2D eigenvalue weighted by atomic mass is 16.6. The lowest BCUT2D eigenvalue weighted by Gasteiger charge is -2.16. The van der Waals surface area contributed by atoms with Crippen LogP contribution < -0.4 is 5.32 Å². The molecule has 2 rings (SSSR count). The number of aliphatic hydroxyl groups excluding tert-OH is 1. The van der Waals surface area contributed by atoms with E-state index >= 15 is 0 Å². The van der Waals surface area contributed by atoms with Crippen LogP contribution in [-0.2, 0) is 0 Å². The number of fused-ring (bicyclic) bond motifs is 1. The van der Waals surface area contributed by atoms with E-state index in [9.17, 15) is 15.2 Å². The Bertz CT molecular complexity index is 597. The van der Waals surface area contributed by atoms with E-state index in [1.165, 1.54) is 0 Å². The summed E-state index contributed by atoms with van der Waals surface area (Å²) in [5.41, 5.74) is 0.987. The van der Waals surface area contributed by atoms with Crippen LogP contribution in [0.2, 0.25) is 0 Å². The minimum Gasteiger partial charge on any atom is -0.394 e. The van der Waals surface area contributed by atoms with Gasteiger partial charge >= 0.3 is 5.69 Å². The van der Waals surface area contributed by atoms with Crippen LogP contribution in [0.4, 0.5) is 11.4 Å². The first-order valence-electron chi connectivity index (χ1n) is 6.07. The molecule has 1 heterocycles. The molecule has 0 saturated heterocycles. The molecular weight excluding hydrogens is 246 g/mol. The average Bonchev–Trinajstić information content (AvgIpc) is 2.43. The molecule has 1 aromatic heterocycles. The van der Waals surface area contributed by atoms with E-state index in [4.69, 9.17) is 0 Å². The number of benzene rings is 1. The standard InChI is InChI=1S/C13H15N3O3/c1-2-9(8-17)15-12-6-5-11-10(4-3-7-14-11)13(12)16(18)19/h3-7,9,15,17H,2,8H2,1H3/t9-/m0/s1. The molecule has 6 nitrogen and oxygen atoms in total. The minimum absolute atomic E-state index is 0.00231. The molecule has 0 bridgehead atoms. The molecule has 0 spiro atoms. The molecule has 2 N–H and O–H groups in total. The number of hydrogen-bond donors (Lipinski definition) is 2. The van der Waals surface area contributed by atoms with Crippen LogP contribution in [0.5, 0.6) is 0 Å². The van der Waals surface area contributed by atoms with Gasteiger partial charge in [0.1, 0.15) is 5.69 Å². The summed E-state index contributed by atoms with van der Waals surface area (Å²) in [6.45, 7) is 1.83. The Hall–Kier alpha value is -2.21. The van der Waals surface area contributed by atoms with Crippen molar-refractivity contribution >= 4 is 22.3 Å². The Kier molecular flexibility index (Phi) is 3.91. The molecule has 0 radical (unpaired) electrons. The molecule has 0 aliphatic rings. The SMILES string of the molecule is CC[C@@H](CO)Nc1ccc2ncccc2c1[N+](=O)[O-]. The molecule has 0 unspecified atom stereocenters. The van der Waals surface area contributed by atoms with E-state index in [1.54, 1.807) is 30.5 Å². The fourth-order valence-corrected chi connectivity index (χ4v) is 1.95. The maximum atomic E-state index is 11.3. The normalized spacial score (nSPS) is 12.3. The molecule has 0 fully saturated rings. The summed E-state index contributed by atoms with van der Waals surface area (Å²) in [7, 11) is 0. The number of nitrogens with zero attached hydrogens (tertiary/aromatic N) is 2. The fourth-order valence-electron chi connectivity index (χ4n) is 1.95. The van der Waals surface area contributed by atoms with Crippen molar-refractivity contribution in [2.75, 3.05) is 11.9 Å². The number of aromatic nitrogens is 1. The van der Waals surface area contributed by atoms with E-state index in [1.807, 2.05) is 6.92 Å². The molecule has 1 aromatic carbocycles. The first-order valence-corrected chi connectivity index (χ1v) is 6.07. The van der Waals surface area contributed by atoms with Crippen molar-refractivity contribution in [2.45, 2.75) is 19.4 Å². The third kappa shape index (κ3) is 2.63. The molecular formula is C13H15N3O3. The van der Waals surface area contributed by atoms with Gasteiger partial charge in [-0.1, -0.05) is 6.92 Å². The van der Waals surface area contributed by atoms with E-state index in [0.29, 0.717) is 23.0 Å². The first kappa shape index (κ1) is 13.2. The van der Waals surface area contributed by atoms with Crippen molar-refractivity contribution in [2.24, 2.45) is 0 Å². The van der Waals surface area contributed by atoms with Crippen LogP contribution in [0.25, 0.3) is 10.9 Å². The van der Waals surface area contributed by atoms with Gasteiger partial charge in [0, 0.05) is 12.2 Å². The topological polar surface area (TPSA) is 88.3 Å². The quantitative estimate of drug-likeness (QED) is 0.637. The molecule has 1 atom stereocenters. The fraction of sp³-hybridized carbons (Fsp3) is 0.308. The number of anilines is 1. The number of hydrogen-bond acceptors (Lipinski definition) is 5. The van der Waals surface area contributed by atoms with Gasteiger partial charge in [0.15, 0.2) is 0 Å². The highest BCUT2D eigenvalue weighted by Gasteiger charge is 2.20. The zero-order valence-corrected chi connectivity index (χ0v) is 10.5. The number of nitrogens with one attached hydrogen (secondary N) is 1. The molecule has 0 amide bonds. The Morgan fingerprint density at radius 3 is 2.89 bits per heavy atom. The van der Waals surface area contributed by atoms with Crippen LogP contribution in [0.15, 0.2) is 30.5 Å². The van der Waals surface area contributed by atoms with Crippen LogP contribution in [0.3, 0.4) is 0 Å². The second-order valence-electron chi connectivity index (χ2n) is 4.22. The van der Waals surface area contributed by atoms with E-state index in [0.717, 1.165) is 0 Å². The molecule has 6 heteroatoms. The molecule has 19 heavy (non-hydrogen) atoms. The summed E-state index contributed by atoms with van der Waals surface area (Å²) in [4.78, 5) is 15.0. The maximum absolute atomic E-state index is 11.3. The third-order valence-electron chi connectivity index (χ3n) is 3.01. The molecule has 100 valence electrons. The molecule has 0 aliphatic heterocycles. The highest BCUT2D eigenvalue weighted by molar-refractivity contribution is 5.94. The number of rotatable bonds is 5. The minimum atomic E-state index is -0.420. The Morgan fingerprint density at radius 1 is 1.47 bits per heavy atom. The smallest absolute Gasteiger partial charge is 0.301 e. The predicted molar refractivity (Wildman–Crippen MR) is 73.2 cm³/mol. The summed E-state index contributed by atoms with van der Waals surface area (Å²) >= 11 is 0. The highest BCUT2D eigenvalue weighted by Crippen LogP contribution is 2.32. The second-order valence-corrected chi connectivity index (χ2v) is 4.22. The van der Waals surface area contributed by atoms with Crippen molar-refractivity contribution in [1.29, 1.82) is 0 Å². The van der Waals surface area contributed by atoms with Crippen LogP contribution in [0.1, 0.15) is 13.3 Å². The van der Waals surface area contributed by atoms with Gasteiger partial charge in [0.2, 0.25) is 0 Å². The second kappa shape index (κ2) is 5.62. The van der Waals surface area contributed by atoms with Gasteiger partial charge in [-0.3, -0.25) is 15.1 Å². The predicted octanol–water partition coefficient (Wildman–Crippen LogP) is 2.33. The Labute approximate surface area is 110 Å². The summed E-state index contributed by atoms with van der Waals surface area (Å²) < 4.78 is 0. The number of nitro benzene ring substituents is 1. The average molecular weight is 261 g/mol. The summed E-state index contributed by atoms with van der Waals surface area (Å²) in [6.07, 6.45) is 2.28. The summed E-state index contributed by atoms with van der Waals surface area (Å²) in [6, 6.07) is 6.50. The van der Waals surface area contributed by atoms with Gasteiger partial charge in [-0.25, -0.2) is 0 Å². The Balaban J connectivity index is 2.54. The number of nitro groups is 1. The van der Waals surface area contributed by atoms with E-state index in [-0.39, 0.29) is 18.3 Å². The summed E-state index contributed by atoms with van der Waals surface area (Å²) in [5, 5.41) is 23.9. The van der Waals surface area contributed by atoms with Crippen LogP contribution >= 0.6 is 0 Å². The van der Waals surface area contributed by atoms with Crippen LogP contribution in [0, 0.1) is 10.1 Å². The molecule has 2 aromatic rings. The third-order valence-corrected chi connectivity index (χ3v) is 3.01. The largest absolute Gasteiger partial charge is 0.394 e. The van der Waals surface area contributed by atoms with Gasteiger partial charge in [0.25, 0.3) is 0 Å².